The smallest absolute Gasteiger partial charge is 0.497 e. The van der Waals surface area contributed by atoms with Crippen LogP contribution in [0.15, 0.2) is 83.9 Å². The van der Waals surface area contributed by atoms with Gasteiger partial charge in [0.2, 0.25) is 5.90 Å². The molecule has 3 aromatic carbocycles. The molecule has 0 bridgehead atoms. The van der Waals surface area contributed by atoms with Crippen LogP contribution in [-0.4, -0.2) is 19.0 Å². The zero-order chi connectivity index (χ0) is 25.5. The van der Waals surface area contributed by atoms with Gasteiger partial charge in [-0.2, -0.15) is 0 Å². The topological polar surface area (TPSA) is 30.8 Å². The summed E-state index contributed by atoms with van der Waals surface area (Å²) in [6, 6.07) is 27.6. The van der Waals surface area contributed by atoms with Crippen molar-refractivity contribution in [2.24, 2.45) is 4.99 Å². The molecular weight excluding hydrogens is 529 g/mol. The summed E-state index contributed by atoms with van der Waals surface area (Å²) in [6.07, 6.45) is 16.6. The van der Waals surface area contributed by atoms with Crippen LogP contribution in [0.2, 0.25) is 0 Å². The van der Waals surface area contributed by atoms with Crippen LogP contribution in [-0.2, 0) is 28.4 Å². The molecule has 6 rings (SSSR count). The molecule has 1 heterocycles. The van der Waals surface area contributed by atoms with E-state index in [2.05, 4.69) is 86.8 Å². The minimum atomic E-state index is -0.666. The number of benzene rings is 3. The molecular formula is C33H30FeNO2P+2. The van der Waals surface area contributed by atoms with Gasteiger partial charge in [-0.3, -0.25) is 0 Å². The summed E-state index contributed by atoms with van der Waals surface area (Å²) in [7, 11) is 1.02. The zero-order valence-corrected chi connectivity index (χ0v) is 23.5. The number of nitrogens with zero attached hydrogens (tertiary/aromatic N) is 1. The summed E-state index contributed by atoms with van der Waals surface area (Å²) >= 11 is 0. The predicted molar refractivity (Wildman–Crippen MR) is 154 cm³/mol. The average Bonchev–Trinajstić information content (AvgIpc) is 3.74. The fourth-order valence-electron chi connectivity index (χ4n) is 4.48. The van der Waals surface area contributed by atoms with Crippen molar-refractivity contribution in [2.45, 2.75) is 19.6 Å². The molecule has 1 aliphatic heterocycles. The molecule has 2 saturated carbocycles. The normalized spacial score (nSPS) is 18.9. The molecule has 0 N–H and O–H groups in total. The van der Waals surface area contributed by atoms with Crippen molar-refractivity contribution in [1.82, 2.24) is 0 Å². The van der Waals surface area contributed by atoms with Crippen LogP contribution in [0.25, 0.3) is 0 Å². The van der Waals surface area contributed by atoms with Gasteiger partial charge >= 0.3 is 17.1 Å². The van der Waals surface area contributed by atoms with E-state index in [4.69, 9.17) is 14.5 Å². The van der Waals surface area contributed by atoms with E-state index in [1.165, 1.54) is 22.2 Å². The van der Waals surface area contributed by atoms with Crippen LogP contribution >= 0.6 is 7.92 Å². The molecule has 3 aromatic rings. The Morgan fingerprint density at radius 1 is 0.789 bits per heavy atom. The first-order valence-corrected chi connectivity index (χ1v) is 13.8. The molecule has 0 spiro atoms. The van der Waals surface area contributed by atoms with Gasteiger partial charge in [-0.15, -0.1) is 0 Å². The van der Waals surface area contributed by atoms with Crippen molar-refractivity contribution in [3.05, 3.63) is 153 Å². The van der Waals surface area contributed by atoms with Crippen LogP contribution < -0.4 is 15.3 Å². The Hall–Kier alpha value is -2.12. The van der Waals surface area contributed by atoms with Gasteiger partial charge < -0.3 is 9.47 Å². The maximum Gasteiger partial charge on any atom is 2.00 e. The fraction of sp³-hybridized carbons (Fsp3) is 0.121. The Labute approximate surface area is 240 Å². The standard InChI is InChI=1S/C28H25NO2P.C5H5.Fe/c1-20(29-28-26-17-16-22(30-2)18-21(26)19-31-28)25-14-9-15-27(25)32(23-10-5-3-6-11-23)24-12-7-4-8-13-24;1-2-4-5-3-1;/h3-18,20H,19H2,1-2H3;1-5H;/q;;+2/t20-;;/m1../s1. The molecule has 3 aliphatic rings. The molecule has 190 valence electrons. The maximum absolute atomic E-state index is 5.96. The van der Waals surface area contributed by atoms with Crippen molar-refractivity contribution in [2.75, 3.05) is 7.11 Å². The minimum Gasteiger partial charge on any atom is -0.497 e. The Morgan fingerprint density at radius 2 is 1.39 bits per heavy atom. The number of fused-ring (bicyclic) bond motifs is 1. The van der Waals surface area contributed by atoms with Crippen LogP contribution in [0, 0.1) is 62.9 Å². The van der Waals surface area contributed by atoms with Gasteiger partial charge in [0.05, 0.1) is 13.2 Å². The zero-order valence-electron chi connectivity index (χ0n) is 21.5. The second kappa shape index (κ2) is 14.3. The van der Waals surface area contributed by atoms with Gasteiger partial charge in [0, 0.05) is 22.7 Å². The Kier molecular flexibility index (Phi) is 10.9. The maximum atomic E-state index is 5.96. The number of aliphatic imine (C=N–C) groups is 1. The fourth-order valence-corrected chi connectivity index (χ4v) is 7.03. The molecule has 2 fully saturated rings. The second-order valence-corrected chi connectivity index (χ2v) is 10.9. The minimum absolute atomic E-state index is 0. The van der Waals surface area contributed by atoms with Crippen LogP contribution in [0.1, 0.15) is 18.1 Å². The molecule has 0 saturated heterocycles. The number of ether oxygens (including phenoxy) is 2. The van der Waals surface area contributed by atoms with Gasteiger partial charge in [0.15, 0.2) is 0 Å². The first-order chi connectivity index (χ1) is 18.2. The average molecular weight is 559 g/mol. The molecule has 10 radical (unpaired) electrons. The first-order valence-electron chi connectivity index (χ1n) is 12.4. The number of hydrogen-bond acceptors (Lipinski definition) is 3. The van der Waals surface area contributed by atoms with Crippen molar-refractivity contribution >= 4 is 24.4 Å². The van der Waals surface area contributed by atoms with E-state index in [0.717, 1.165) is 16.9 Å². The Morgan fingerprint density at radius 3 is 1.97 bits per heavy atom. The molecule has 5 heteroatoms. The summed E-state index contributed by atoms with van der Waals surface area (Å²) in [5.41, 5.74) is 3.52. The number of methoxy groups -OCH3 is 1. The van der Waals surface area contributed by atoms with E-state index in [0.29, 0.717) is 12.5 Å². The SMILES string of the molecule is COc1ccc2c(c1)COC2=N[C@H](C)[C]1[CH][CH][CH][C]1P(c1ccccc1)c1ccccc1.[CH]1[CH][CH][CH][CH]1.[Fe+2]. The second-order valence-electron chi connectivity index (χ2n) is 8.76. The van der Waals surface area contributed by atoms with Crippen molar-refractivity contribution in [1.29, 1.82) is 0 Å². The van der Waals surface area contributed by atoms with E-state index >= 15 is 0 Å². The van der Waals surface area contributed by atoms with E-state index < -0.39 is 7.92 Å². The molecule has 0 aromatic heterocycles. The third-order valence-electron chi connectivity index (χ3n) is 6.32. The van der Waals surface area contributed by atoms with Gasteiger partial charge in [-0.25, -0.2) is 4.99 Å². The number of rotatable bonds is 6. The van der Waals surface area contributed by atoms with Crippen LogP contribution in [0.3, 0.4) is 0 Å². The molecule has 38 heavy (non-hydrogen) atoms. The van der Waals surface area contributed by atoms with Crippen LogP contribution in [0.4, 0.5) is 0 Å². The van der Waals surface area contributed by atoms with Crippen molar-refractivity contribution < 1.29 is 26.5 Å². The van der Waals surface area contributed by atoms with Gasteiger partial charge in [0.1, 0.15) is 12.4 Å². The van der Waals surface area contributed by atoms with Gasteiger partial charge in [-0.05, 0) is 95.0 Å². The monoisotopic (exact) mass is 559 g/mol. The molecule has 2 aliphatic carbocycles. The summed E-state index contributed by atoms with van der Waals surface area (Å²) in [6.45, 7) is 2.69. The predicted octanol–water partition coefficient (Wildman–Crippen LogP) is 6.25. The number of hydrogen-bond donors (Lipinski definition) is 0. The first kappa shape index (κ1) is 28.9. The molecule has 0 unspecified atom stereocenters. The van der Waals surface area contributed by atoms with Gasteiger partial charge in [-0.1, -0.05) is 60.7 Å². The molecule has 0 amide bonds. The molecule has 3 nitrogen and oxygen atoms in total. The summed E-state index contributed by atoms with van der Waals surface area (Å²) in [4.78, 5) is 5.01. The van der Waals surface area contributed by atoms with E-state index in [1.54, 1.807) is 7.11 Å². The summed E-state index contributed by atoms with van der Waals surface area (Å²) in [5, 5.41) is 2.69. The summed E-state index contributed by atoms with van der Waals surface area (Å²) < 4.78 is 11.3. The third kappa shape index (κ3) is 6.90. The summed E-state index contributed by atoms with van der Waals surface area (Å²) in [5.74, 6) is 2.81. The van der Waals surface area contributed by atoms with Crippen molar-refractivity contribution in [3.8, 4) is 5.75 Å². The molecule has 1 atom stereocenters. The van der Waals surface area contributed by atoms with Crippen molar-refractivity contribution in [3.63, 3.8) is 0 Å². The van der Waals surface area contributed by atoms with E-state index in [-0.39, 0.29) is 23.1 Å². The quantitative estimate of drug-likeness (QED) is 0.264. The third-order valence-corrected chi connectivity index (χ3v) is 8.84. The van der Waals surface area contributed by atoms with E-state index in [1.807, 2.05) is 50.3 Å². The van der Waals surface area contributed by atoms with E-state index in [9.17, 15) is 0 Å². The van der Waals surface area contributed by atoms with Gasteiger partial charge in [0.25, 0.3) is 0 Å². The Balaban J connectivity index is 0.000000504. The van der Waals surface area contributed by atoms with Crippen LogP contribution in [0.5, 0.6) is 5.75 Å². The Bertz CT molecular complexity index is 1120. The largest absolute Gasteiger partial charge is 2.00 e.